The molecular weight excluding hydrogens is 342 g/mol. The Labute approximate surface area is 158 Å². The van der Waals surface area contributed by atoms with Gasteiger partial charge in [-0.3, -0.25) is 9.59 Å². The molecule has 6 nitrogen and oxygen atoms in total. The molecule has 2 heterocycles. The number of Topliss-reactive ketones (excluding diaryl/α,β-unsaturated/α-hetero) is 1. The monoisotopic (exact) mass is 369 g/mol. The van der Waals surface area contributed by atoms with Crippen LogP contribution in [0.4, 0.5) is 5.69 Å². The van der Waals surface area contributed by atoms with E-state index < -0.39 is 0 Å². The van der Waals surface area contributed by atoms with Gasteiger partial charge < -0.3 is 19.9 Å². The molecule has 144 valence electrons. The van der Waals surface area contributed by atoms with Crippen molar-refractivity contribution in [2.45, 2.75) is 45.2 Å². The van der Waals surface area contributed by atoms with Crippen LogP contribution in [-0.4, -0.2) is 36.6 Å². The fourth-order valence-electron chi connectivity index (χ4n) is 4.35. The fraction of sp³-hybridized carbons (Fsp3) is 0.524. The second kappa shape index (κ2) is 6.68. The maximum Gasteiger partial charge on any atom is 0.200 e. The van der Waals surface area contributed by atoms with Crippen molar-refractivity contribution >= 4 is 22.4 Å². The van der Waals surface area contributed by atoms with E-state index in [-0.39, 0.29) is 22.8 Å². The quantitative estimate of drug-likeness (QED) is 0.839. The standard InChI is InChI=1S/C21H27N3O3/c1-12-8-14(22)10-23(9-12)18-7-6-16-19(21(18)27-3)24(15-4-5-15)11-17(13(2)25)20(16)26/h6-7,11-12,14-15H,4-5,8-10,22H2,1-3H3/t12-,14+/m1/s1. The van der Waals surface area contributed by atoms with E-state index in [9.17, 15) is 9.59 Å². The maximum absolute atomic E-state index is 12.9. The van der Waals surface area contributed by atoms with Crippen molar-refractivity contribution < 1.29 is 9.53 Å². The lowest BCUT2D eigenvalue weighted by molar-refractivity contribution is 0.101. The largest absolute Gasteiger partial charge is 0.492 e. The number of nitrogens with two attached hydrogens (primary N) is 1. The predicted molar refractivity (Wildman–Crippen MR) is 107 cm³/mol. The molecule has 2 fully saturated rings. The number of aromatic nitrogens is 1. The van der Waals surface area contributed by atoms with E-state index in [1.807, 2.05) is 12.1 Å². The SMILES string of the molecule is COc1c(N2C[C@H](C)C[C@H](N)C2)ccc2c(=O)c(C(C)=O)cn(C3CC3)c12. The fourth-order valence-corrected chi connectivity index (χ4v) is 4.35. The summed E-state index contributed by atoms with van der Waals surface area (Å²) in [6.07, 6.45) is 4.84. The zero-order valence-electron chi connectivity index (χ0n) is 16.2. The molecule has 1 saturated carbocycles. The normalized spacial score (nSPS) is 22.9. The van der Waals surface area contributed by atoms with Gasteiger partial charge in [0.15, 0.2) is 17.0 Å². The van der Waals surface area contributed by atoms with Crippen LogP contribution in [0.25, 0.3) is 10.9 Å². The number of ether oxygens (including phenoxy) is 1. The van der Waals surface area contributed by atoms with E-state index in [1.54, 1.807) is 13.3 Å². The van der Waals surface area contributed by atoms with Crippen LogP contribution in [0.3, 0.4) is 0 Å². The van der Waals surface area contributed by atoms with Crippen LogP contribution in [0.5, 0.6) is 5.75 Å². The van der Waals surface area contributed by atoms with E-state index in [2.05, 4.69) is 16.4 Å². The summed E-state index contributed by atoms with van der Waals surface area (Å²) >= 11 is 0. The number of carbonyl (C=O) groups is 1. The van der Waals surface area contributed by atoms with Gasteiger partial charge in [-0.25, -0.2) is 0 Å². The number of ketones is 1. The summed E-state index contributed by atoms with van der Waals surface area (Å²) in [5.41, 5.74) is 8.04. The molecule has 6 heteroatoms. The lowest BCUT2D eigenvalue weighted by atomic mass is 9.95. The summed E-state index contributed by atoms with van der Waals surface area (Å²) in [5, 5.41) is 0.546. The molecule has 2 N–H and O–H groups in total. The molecule has 4 rings (SSSR count). The minimum Gasteiger partial charge on any atom is -0.492 e. The molecule has 0 radical (unpaired) electrons. The van der Waals surface area contributed by atoms with Gasteiger partial charge in [0.05, 0.1) is 29.3 Å². The number of methoxy groups -OCH3 is 1. The first-order valence-corrected chi connectivity index (χ1v) is 9.68. The van der Waals surface area contributed by atoms with Gasteiger partial charge in [0.1, 0.15) is 0 Å². The lowest BCUT2D eigenvalue weighted by Gasteiger charge is -2.37. The number of benzene rings is 1. The van der Waals surface area contributed by atoms with Gasteiger partial charge in [-0.15, -0.1) is 0 Å². The van der Waals surface area contributed by atoms with Crippen LogP contribution in [0.1, 0.15) is 49.5 Å². The highest BCUT2D eigenvalue weighted by Crippen LogP contribution is 2.43. The molecule has 0 spiro atoms. The lowest BCUT2D eigenvalue weighted by Crippen LogP contribution is -2.46. The summed E-state index contributed by atoms with van der Waals surface area (Å²) in [6.45, 7) is 5.33. The van der Waals surface area contributed by atoms with Crippen molar-refractivity contribution in [1.82, 2.24) is 4.57 Å². The molecular formula is C21H27N3O3. The smallest absolute Gasteiger partial charge is 0.200 e. The highest BCUT2D eigenvalue weighted by molar-refractivity contribution is 5.99. The van der Waals surface area contributed by atoms with Crippen molar-refractivity contribution in [3.8, 4) is 5.75 Å². The number of hydrogen-bond acceptors (Lipinski definition) is 5. The minimum absolute atomic E-state index is 0.125. The summed E-state index contributed by atoms with van der Waals surface area (Å²) in [7, 11) is 1.65. The number of rotatable bonds is 4. The Hall–Kier alpha value is -2.34. The molecule has 2 aliphatic rings. The maximum atomic E-state index is 12.9. The van der Waals surface area contributed by atoms with Crippen LogP contribution in [-0.2, 0) is 0 Å². The van der Waals surface area contributed by atoms with E-state index in [0.717, 1.165) is 43.6 Å². The molecule has 1 saturated heterocycles. The first-order valence-electron chi connectivity index (χ1n) is 9.68. The predicted octanol–water partition coefficient (Wildman–Crippen LogP) is 2.72. The molecule has 27 heavy (non-hydrogen) atoms. The Balaban J connectivity index is 1.96. The Morgan fingerprint density at radius 2 is 2.00 bits per heavy atom. The summed E-state index contributed by atoms with van der Waals surface area (Å²) < 4.78 is 7.90. The molecule has 0 amide bonds. The number of carbonyl (C=O) groups excluding carboxylic acids is 1. The Morgan fingerprint density at radius 1 is 1.26 bits per heavy atom. The third kappa shape index (κ3) is 3.12. The molecule has 2 aromatic rings. The minimum atomic E-state index is -0.219. The van der Waals surface area contributed by atoms with Crippen molar-refractivity contribution in [2.24, 2.45) is 11.7 Å². The summed E-state index contributed by atoms with van der Waals surface area (Å²) in [4.78, 5) is 27.1. The van der Waals surface area contributed by atoms with Crippen molar-refractivity contribution in [2.75, 3.05) is 25.1 Å². The highest BCUT2D eigenvalue weighted by atomic mass is 16.5. The zero-order valence-corrected chi connectivity index (χ0v) is 16.2. The molecule has 1 aliphatic heterocycles. The number of hydrogen-bond donors (Lipinski definition) is 1. The highest BCUT2D eigenvalue weighted by Gasteiger charge is 2.30. The average Bonchev–Trinajstić information content (AvgIpc) is 3.45. The van der Waals surface area contributed by atoms with Crippen LogP contribution >= 0.6 is 0 Å². The molecule has 1 aromatic carbocycles. The van der Waals surface area contributed by atoms with E-state index >= 15 is 0 Å². The number of piperidine rings is 1. The Morgan fingerprint density at radius 3 is 2.59 bits per heavy atom. The van der Waals surface area contributed by atoms with E-state index in [4.69, 9.17) is 10.5 Å². The molecule has 1 aromatic heterocycles. The van der Waals surface area contributed by atoms with Gasteiger partial charge in [-0.05, 0) is 44.2 Å². The first kappa shape index (κ1) is 18.0. The van der Waals surface area contributed by atoms with Gasteiger partial charge in [0, 0.05) is 31.4 Å². The molecule has 0 unspecified atom stereocenters. The summed E-state index contributed by atoms with van der Waals surface area (Å²) in [5.74, 6) is 1.00. The van der Waals surface area contributed by atoms with Crippen LogP contribution in [0, 0.1) is 5.92 Å². The van der Waals surface area contributed by atoms with Gasteiger partial charge in [-0.2, -0.15) is 0 Å². The average molecular weight is 369 g/mol. The van der Waals surface area contributed by atoms with E-state index in [0.29, 0.717) is 23.1 Å². The van der Waals surface area contributed by atoms with Crippen molar-refractivity contribution in [3.05, 3.63) is 34.1 Å². The number of nitrogens with zero attached hydrogens (tertiary/aromatic N) is 2. The van der Waals surface area contributed by atoms with Gasteiger partial charge in [-0.1, -0.05) is 6.92 Å². The van der Waals surface area contributed by atoms with Crippen LogP contribution in [0.2, 0.25) is 0 Å². The zero-order chi connectivity index (χ0) is 19.3. The second-order valence-corrected chi connectivity index (χ2v) is 8.09. The van der Waals surface area contributed by atoms with Crippen LogP contribution in [0.15, 0.2) is 23.1 Å². The Bertz CT molecular complexity index is 951. The van der Waals surface area contributed by atoms with Crippen molar-refractivity contribution in [3.63, 3.8) is 0 Å². The number of fused-ring (bicyclic) bond motifs is 1. The Kier molecular flexibility index (Phi) is 4.46. The summed E-state index contributed by atoms with van der Waals surface area (Å²) in [6, 6.07) is 4.22. The molecule has 2 atom stereocenters. The topological polar surface area (TPSA) is 77.6 Å². The molecule has 1 aliphatic carbocycles. The molecule has 0 bridgehead atoms. The third-order valence-corrected chi connectivity index (χ3v) is 5.68. The van der Waals surface area contributed by atoms with Gasteiger partial charge >= 0.3 is 0 Å². The van der Waals surface area contributed by atoms with Crippen LogP contribution < -0.4 is 20.8 Å². The van der Waals surface area contributed by atoms with Gasteiger partial charge in [0.25, 0.3) is 0 Å². The second-order valence-electron chi connectivity index (χ2n) is 8.09. The van der Waals surface area contributed by atoms with Crippen molar-refractivity contribution in [1.29, 1.82) is 0 Å². The third-order valence-electron chi connectivity index (χ3n) is 5.68. The number of anilines is 1. The first-order chi connectivity index (χ1) is 12.9. The van der Waals surface area contributed by atoms with Gasteiger partial charge in [0.2, 0.25) is 0 Å². The number of pyridine rings is 1. The van der Waals surface area contributed by atoms with E-state index in [1.165, 1.54) is 6.92 Å².